The first-order chi connectivity index (χ1) is 16.8. The summed E-state index contributed by atoms with van der Waals surface area (Å²) >= 11 is 0. The number of fused-ring (bicyclic) bond motifs is 4. The van der Waals surface area contributed by atoms with E-state index in [0.717, 1.165) is 33.5 Å². The summed E-state index contributed by atoms with van der Waals surface area (Å²) in [5.41, 5.74) is 8.42. The Hall–Kier alpha value is -4.63. The van der Waals surface area contributed by atoms with Gasteiger partial charge in [-0.3, -0.25) is 0 Å². The Balaban J connectivity index is 1.30. The minimum Gasteiger partial charge on any atom is -0.436 e. The quantitative estimate of drug-likeness (QED) is 0.279. The maximum absolute atomic E-state index is 6.17. The molecule has 34 heavy (non-hydrogen) atoms. The van der Waals surface area contributed by atoms with Crippen molar-refractivity contribution >= 4 is 32.9 Å². The maximum atomic E-state index is 6.17. The van der Waals surface area contributed by atoms with Crippen molar-refractivity contribution in [1.29, 1.82) is 0 Å². The van der Waals surface area contributed by atoms with Crippen LogP contribution in [0.3, 0.4) is 0 Å². The van der Waals surface area contributed by atoms with Crippen LogP contribution in [0.2, 0.25) is 0 Å². The first-order valence-corrected chi connectivity index (χ1v) is 11.4. The van der Waals surface area contributed by atoms with E-state index in [-0.39, 0.29) is 0 Å². The van der Waals surface area contributed by atoms with Crippen LogP contribution in [-0.2, 0) is 0 Å². The molecule has 7 aromatic rings. The van der Waals surface area contributed by atoms with Gasteiger partial charge in [-0.2, -0.15) is 0 Å². The number of benzene rings is 5. The number of hydrogen-bond donors (Lipinski definition) is 0. The zero-order chi connectivity index (χ0) is 22.5. The van der Waals surface area contributed by atoms with Gasteiger partial charge < -0.3 is 8.98 Å². The highest BCUT2D eigenvalue weighted by Gasteiger charge is 2.13. The Kier molecular flexibility index (Phi) is 4.15. The molecule has 0 aliphatic heterocycles. The van der Waals surface area contributed by atoms with Crippen molar-refractivity contribution in [2.75, 3.05) is 0 Å². The Morgan fingerprint density at radius 1 is 0.529 bits per heavy atom. The van der Waals surface area contributed by atoms with E-state index in [9.17, 15) is 0 Å². The molecule has 0 spiro atoms. The van der Waals surface area contributed by atoms with E-state index in [1.165, 1.54) is 21.8 Å². The van der Waals surface area contributed by atoms with Crippen LogP contribution in [0.25, 0.3) is 61.2 Å². The Labute approximate surface area is 196 Å². The van der Waals surface area contributed by atoms with Crippen molar-refractivity contribution in [3.05, 3.63) is 121 Å². The van der Waals surface area contributed by atoms with E-state index >= 15 is 0 Å². The standard InChI is InChI=1S/C31H20N2O/c1-2-8-21(9-3-1)23-16-19-27-30(20-23)34-31(32-27)22-14-17-24(18-15-22)33-28-12-6-4-10-25(28)26-11-5-7-13-29(26)33/h1-20H. The Morgan fingerprint density at radius 3 is 1.85 bits per heavy atom. The number of hydrogen-bond acceptors (Lipinski definition) is 2. The molecule has 0 saturated carbocycles. The SMILES string of the molecule is c1ccc(-c2ccc3nc(-c4ccc(-n5c6ccccc6c6ccccc65)cc4)oc3c2)cc1. The third-order valence-corrected chi connectivity index (χ3v) is 6.45. The highest BCUT2D eigenvalue weighted by Crippen LogP contribution is 2.33. The second-order valence-corrected chi connectivity index (χ2v) is 8.48. The summed E-state index contributed by atoms with van der Waals surface area (Å²) in [7, 11) is 0. The number of rotatable bonds is 3. The summed E-state index contributed by atoms with van der Waals surface area (Å²) in [5, 5.41) is 2.52. The maximum Gasteiger partial charge on any atom is 0.227 e. The molecule has 0 saturated heterocycles. The van der Waals surface area contributed by atoms with Crippen molar-refractivity contribution in [3.8, 4) is 28.3 Å². The van der Waals surface area contributed by atoms with E-state index in [1.54, 1.807) is 0 Å². The van der Waals surface area contributed by atoms with Gasteiger partial charge in [0.2, 0.25) is 5.89 Å². The van der Waals surface area contributed by atoms with Crippen molar-refractivity contribution in [1.82, 2.24) is 9.55 Å². The normalized spacial score (nSPS) is 11.5. The monoisotopic (exact) mass is 436 g/mol. The average Bonchev–Trinajstić information content (AvgIpc) is 3.48. The first kappa shape index (κ1) is 18.9. The fourth-order valence-corrected chi connectivity index (χ4v) is 4.81. The molecule has 0 fully saturated rings. The van der Waals surface area contributed by atoms with Crippen LogP contribution in [0.15, 0.2) is 126 Å². The van der Waals surface area contributed by atoms with Crippen LogP contribution in [0.1, 0.15) is 0 Å². The molecule has 0 aliphatic carbocycles. The molecule has 3 nitrogen and oxygen atoms in total. The third-order valence-electron chi connectivity index (χ3n) is 6.45. The zero-order valence-corrected chi connectivity index (χ0v) is 18.3. The topological polar surface area (TPSA) is 31.0 Å². The zero-order valence-electron chi connectivity index (χ0n) is 18.3. The van der Waals surface area contributed by atoms with Gasteiger partial charge in [-0.15, -0.1) is 0 Å². The van der Waals surface area contributed by atoms with Gasteiger partial charge in [-0.05, 0) is 59.7 Å². The molecule has 0 unspecified atom stereocenters. The molecule has 5 aromatic carbocycles. The molecule has 0 amide bonds. The third kappa shape index (κ3) is 2.95. The van der Waals surface area contributed by atoms with Gasteiger partial charge in [0.05, 0.1) is 11.0 Å². The van der Waals surface area contributed by atoms with Gasteiger partial charge in [0.15, 0.2) is 5.58 Å². The highest BCUT2D eigenvalue weighted by molar-refractivity contribution is 6.09. The van der Waals surface area contributed by atoms with Crippen LogP contribution < -0.4 is 0 Å². The van der Waals surface area contributed by atoms with Crippen molar-refractivity contribution in [3.63, 3.8) is 0 Å². The molecule has 0 aliphatic rings. The van der Waals surface area contributed by atoms with Crippen molar-refractivity contribution in [2.24, 2.45) is 0 Å². The van der Waals surface area contributed by atoms with Gasteiger partial charge in [0.1, 0.15) is 5.52 Å². The minimum absolute atomic E-state index is 0.633. The van der Waals surface area contributed by atoms with Crippen LogP contribution in [0, 0.1) is 0 Å². The van der Waals surface area contributed by atoms with Gasteiger partial charge >= 0.3 is 0 Å². The molecular formula is C31H20N2O. The van der Waals surface area contributed by atoms with Gasteiger partial charge in [0, 0.05) is 22.0 Å². The molecule has 2 heterocycles. The van der Waals surface area contributed by atoms with Crippen molar-refractivity contribution < 1.29 is 4.42 Å². The average molecular weight is 437 g/mol. The molecule has 2 aromatic heterocycles. The molecule has 3 heteroatoms. The largest absolute Gasteiger partial charge is 0.436 e. The minimum atomic E-state index is 0.633. The van der Waals surface area contributed by atoms with Crippen LogP contribution in [0.5, 0.6) is 0 Å². The lowest BCUT2D eigenvalue weighted by Crippen LogP contribution is -1.93. The summed E-state index contributed by atoms with van der Waals surface area (Å²) in [6.45, 7) is 0. The van der Waals surface area contributed by atoms with E-state index in [2.05, 4.69) is 102 Å². The molecular weight excluding hydrogens is 416 g/mol. The summed E-state index contributed by atoms with van der Waals surface area (Å²) < 4.78 is 8.48. The molecule has 0 radical (unpaired) electrons. The fourth-order valence-electron chi connectivity index (χ4n) is 4.81. The van der Waals surface area contributed by atoms with Crippen LogP contribution in [0.4, 0.5) is 0 Å². The van der Waals surface area contributed by atoms with E-state index in [0.29, 0.717) is 5.89 Å². The Morgan fingerprint density at radius 2 is 1.15 bits per heavy atom. The van der Waals surface area contributed by atoms with Gasteiger partial charge in [-0.1, -0.05) is 72.8 Å². The van der Waals surface area contributed by atoms with E-state index < -0.39 is 0 Å². The smallest absolute Gasteiger partial charge is 0.227 e. The molecule has 0 atom stereocenters. The predicted octanol–water partition coefficient (Wildman–Crippen LogP) is 8.26. The number of para-hydroxylation sites is 2. The summed E-state index contributed by atoms with van der Waals surface area (Å²) in [4.78, 5) is 4.74. The molecule has 0 bridgehead atoms. The number of nitrogens with zero attached hydrogens (tertiary/aromatic N) is 2. The number of oxazole rings is 1. The Bertz CT molecular complexity index is 1740. The fraction of sp³-hybridized carbons (Fsp3) is 0. The second kappa shape index (κ2) is 7.46. The van der Waals surface area contributed by atoms with Crippen molar-refractivity contribution in [2.45, 2.75) is 0 Å². The summed E-state index contributed by atoms with van der Waals surface area (Å²) in [5.74, 6) is 0.633. The van der Waals surface area contributed by atoms with Gasteiger partial charge in [-0.25, -0.2) is 4.98 Å². The predicted molar refractivity (Wildman–Crippen MR) is 139 cm³/mol. The van der Waals surface area contributed by atoms with E-state index in [1.807, 2.05) is 24.3 Å². The lowest BCUT2D eigenvalue weighted by molar-refractivity contribution is 0.620. The second-order valence-electron chi connectivity index (χ2n) is 8.48. The number of aromatic nitrogens is 2. The lowest BCUT2D eigenvalue weighted by atomic mass is 10.1. The highest BCUT2D eigenvalue weighted by atomic mass is 16.3. The molecule has 0 N–H and O–H groups in total. The van der Waals surface area contributed by atoms with Gasteiger partial charge in [0.25, 0.3) is 0 Å². The molecule has 160 valence electrons. The summed E-state index contributed by atoms with van der Waals surface area (Å²) in [6.07, 6.45) is 0. The first-order valence-electron chi connectivity index (χ1n) is 11.4. The van der Waals surface area contributed by atoms with Crippen LogP contribution in [-0.4, -0.2) is 9.55 Å². The molecule has 7 rings (SSSR count). The summed E-state index contributed by atoms with van der Waals surface area (Å²) in [6, 6.07) is 42.0. The van der Waals surface area contributed by atoms with E-state index in [4.69, 9.17) is 9.40 Å². The lowest BCUT2D eigenvalue weighted by Gasteiger charge is -2.08. The van der Waals surface area contributed by atoms with Crippen LogP contribution >= 0.6 is 0 Å².